The first-order valence-corrected chi connectivity index (χ1v) is 13.2. The molecule has 3 aromatic heterocycles. The number of hydrogen-bond donors (Lipinski definition) is 3. The first-order valence-electron chi connectivity index (χ1n) is 10.9. The molecule has 0 unspecified atom stereocenters. The molecule has 12 nitrogen and oxygen atoms in total. The number of thioether (sulfide) groups is 1. The Morgan fingerprint density at radius 2 is 2.22 bits per heavy atom. The van der Waals surface area contributed by atoms with E-state index in [-0.39, 0.29) is 26.6 Å². The van der Waals surface area contributed by atoms with Crippen LogP contribution in [0.15, 0.2) is 47.1 Å². The maximum absolute atomic E-state index is 13.1. The van der Waals surface area contributed by atoms with Gasteiger partial charge in [-0.15, -0.1) is 11.8 Å². The molecule has 1 saturated heterocycles. The first kappa shape index (κ1) is 25.0. The largest absolute Gasteiger partial charge is 0.477 e. The number of nitrogens with zero attached hydrogens (tertiary/aromatic N) is 5. The Balaban J connectivity index is 1.38. The molecule has 2 amide bonds. The van der Waals surface area contributed by atoms with E-state index in [0.29, 0.717) is 17.9 Å². The van der Waals surface area contributed by atoms with Gasteiger partial charge in [0.1, 0.15) is 39.8 Å². The molecule has 0 aliphatic carbocycles. The number of carbonyl (C=O) groups is 3. The minimum absolute atomic E-state index is 0.0317. The third kappa shape index (κ3) is 4.30. The Morgan fingerprint density at radius 3 is 2.89 bits per heavy atom. The fourth-order valence-electron chi connectivity index (χ4n) is 4.38. The molecule has 0 aromatic carbocycles. The van der Waals surface area contributed by atoms with Crippen LogP contribution in [0.4, 0.5) is 5.13 Å². The van der Waals surface area contributed by atoms with Crippen LogP contribution in [0.2, 0.25) is 4.34 Å². The molecule has 15 heteroatoms. The van der Waals surface area contributed by atoms with E-state index in [1.54, 1.807) is 0 Å². The van der Waals surface area contributed by atoms with Gasteiger partial charge in [-0.3, -0.25) is 14.5 Å². The van der Waals surface area contributed by atoms with Crippen molar-refractivity contribution in [2.45, 2.75) is 24.9 Å². The van der Waals surface area contributed by atoms with Gasteiger partial charge in [0.05, 0.1) is 6.20 Å². The number of aromatic nitrogens is 3. The number of halogens is 1. The monoisotopic (exact) mass is 562 g/mol. The van der Waals surface area contributed by atoms with Crippen molar-refractivity contribution in [3.8, 4) is 0 Å². The molecule has 0 bridgehead atoms. The minimum atomic E-state index is -1.20. The van der Waals surface area contributed by atoms with Crippen LogP contribution in [-0.2, 0) is 25.8 Å². The van der Waals surface area contributed by atoms with Crippen LogP contribution in [-0.4, -0.2) is 67.2 Å². The van der Waals surface area contributed by atoms with E-state index in [0.717, 1.165) is 22.5 Å². The van der Waals surface area contributed by atoms with Crippen molar-refractivity contribution in [1.29, 1.82) is 0 Å². The summed E-state index contributed by atoms with van der Waals surface area (Å²) < 4.78 is 4.07. The molecule has 0 radical (unpaired) electrons. The van der Waals surface area contributed by atoms with Crippen LogP contribution in [0, 0.1) is 6.92 Å². The van der Waals surface area contributed by atoms with E-state index in [1.165, 1.54) is 23.8 Å². The maximum Gasteiger partial charge on any atom is 0.352 e. The van der Waals surface area contributed by atoms with E-state index < -0.39 is 29.2 Å². The summed E-state index contributed by atoms with van der Waals surface area (Å²) in [6, 6.07) is 2.95. The molecule has 2 aliphatic rings. The number of fused-ring (bicyclic) bond motifs is 2. The lowest BCUT2D eigenvalue weighted by atomic mass is 10.0. The summed E-state index contributed by atoms with van der Waals surface area (Å²) in [5.41, 5.74) is 7.96. The molecule has 5 heterocycles. The predicted octanol–water partition coefficient (Wildman–Crippen LogP) is 1.02. The number of carbonyl (C=O) groups excluding carboxylic acids is 2. The first-order chi connectivity index (χ1) is 17.7. The molecule has 192 valence electrons. The van der Waals surface area contributed by atoms with Gasteiger partial charge < -0.3 is 25.4 Å². The summed E-state index contributed by atoms with van der Waals surface area (Å²) in [7, 11) is 1.25. The number of carboxylic acids is 1. The summed E-state index contributed by atoms with van der Waals surface area (Å²) in [5, 5.41) is 15.9. The number of rotatable bonds is 7. The van der Waals surface area contributed by atoms with Crippen molar-refractivity contribution < 1.29 is 28.9 Å². The minimum Gasteiger partial charge on any atom is -0.477 e. The molecular weight excluding hydrogens is 542 g/mol. The number of nitrogens with two attached hydrogens (primary N) is 1. The predicted molar refractivity (Wildman–Crippen MR) is 137 cm³/mol. The van der Waals surface area contributed by atoms with Gasteiger partial charge >= 0.3 is 5.97 Å². The SMILES string of the molecule is CO/N=C(\C(=O)N[C@@H]1C(=O)N2C(C(=O)O)=C(C[n+]3ccn4cccc4c3C)CS[C@@H]12)c1nc(N)sc1Cl. The molecule has 3 aromatic rings. The lowest BCUT2D eigenvalue weighted by Crippen LogP contribution is -2.71. The number of aryl methyl sites for hydroxylation is 1. The fourth-order valence-corrected chi connectivity index (χ4v) is 6.64. The second-order valence-electron chi connectivity index (χ2n) is 8.23. The average molecular weight is 563 g/mol. The Morgan fingerprint density at radius 1 is 1.43 bits per heavy atom. The lowest BCUT2D eigenvalue weighted by molar-refractivity contribution is -0.694. The van der Waals surface area contributed by atoms with Gasteiger partial charge in [-0.1, -0.05) is 28.1 Å². The maximum atomic E-state index is 13.1. The highest BCUT2D eigenvalue weighted by Crippen LogP contribution is 2.40. The van der Waals surface area contributed by atoms with Crippen LogP contribution < -0.4 is 15.6 Å². The second-order valence-corrected chi connectivity index (χ2v) is 11.0. The van der Waals surface area contributed by atoms with E-state index in [9.17, 15) is 19.5 Å². The van der Waals surface area contributed by atoms with Gasteiger partial charge in [0.25, 0.3) is 11.8 Å². The van der Waals surface area contributed by atoms with E-state index in [4.69, 9.17) is 22.2 Å². The number of nitrogens with one attached hydrogen (secondary N) is 1. The Bertz CT molecular complexity index is 1510. The Hall–Kier alpha value is -3.62. The normalized spacial score (nSPS) is 19.6. The number of thiazole rings is 1. The van der Waals surface area contributed by atoms with Gasteiger partial charge in [-0.05, 0) is 12.1 Å². The molecule has 37 heavy (non-hydrogen) atoms. The molecule has 1 fully saturated rings. The summed E-state index contributed by atoms with van der Waals surface area (Å²) >= 11 is 8.46. The van der Waals surface area contributed by atoms with Gasteiger partial charge in [-0.25, -0.2) is 9.78 Å². The van der Waals surface area contributed by atoms with Gasteiger partial charge in [-0.2, -0.15) is 4.57 Å². The van der Waals surface area contributed by atoms with Crippen molar-refractivity contribution in [3.63, 3.8) is 0 Å². The highest BCUT2D eigenvalue weighted by Gasteiger charge is 2.55. The third-order valence-electron chi connectivity index (χ3n) is 6.11. The Labute approximate surface area is 223 Å². The van der Waals surface area contributed by atoms with Crippen LogP contribution >= 0.6 is 34.7 Å². The van der Waals surface area contributed by atoms with E-state index in [1.807, 2.05) is 46.6 Å². The number of hydrogen-bond acceptors (Lipinski definition) is 9. The van der Waals surface area contributed by atoms with Crippen molar-refractivity contribution in [1.82, 2.24) is 19.6 Å². The number of β-lactam (4-membered cyclic amide) rings is 1. The summed E-state index contributed by atoms with van der Waals surface area (Å²) in [4.78, 5) is 48.4. The lowest BCUT2D eigenvalue weighted by Gasteiger charge is -2.49. The number of aliphatic carboxylic acids is 1. The molecule has 2 atom stereocenters. The van der Waals surface area contributed by atoms with Crippen LogP contribution in [0.25, 0.3) is 5.52 Å². The molecule has 2 aliphatic heterocycles. The number of carboxylic acid groups (broad SMARTS) is 1. The third-order valence-corrected chi connectivity index (χ3v) is 8.53. The zero-order valence-electron chi connectivity index (χ0n) is 19.5. The number of oxime groups is 1. The standard InChI is InChI=1S/C22H20ClN7O5S2/c1-10-12-4-3-5-28(12)6-7-29(10)8-11-9-36-20-15(19(32)30(20)16(11)21(33)34)25-18(31)14(27-35-2)13-17(23)37-22(24)26-13/h3-7,15,20H,8-9H2,1-2H3,(H3-,24,25,26,31,33,34)/p+1/b27-14-/t15-,20+/m1/s1. The molecule has 5 rings (SSSR count). The van der Waals surface area contributed by atoms with Gasteiger partial charge in [0, 0.05) is 24.4 Å². The van der Waals surface area contributed by atoms with Crippen LogP contribution in [0.5, 0.6) is 0 Å². The number of anilines is 1. The van der Waals surface area contributed by atoms with Gasteiger partial charge in [0.2, 0.25) is 5.69 Å². The highest BCUT2D eigenvalue weighted by atomic mass is 35.5. The molecular formula is C22H21ClN7O5S2+. The average Bonchev–Trinajstić information content (AvgIpc) is 3.48. The summed E-state index contributed by atoms with van der Waals surface area (Å²) in [6.07, 6.45) is 5.70. The summed E-state index contributed by atoms with van der Waals surface area (Å²) in [6.45, 7) is 2.26. The Kier molecular flexibility index (Phi) is 6.56. The zero-order valence-corrected chi connectivity index (χ0v) is 21.9. The van der Waals surface area contributed by atoms with Crippen LogP contribution in [0.3, 0.4) is 0 Å². The smallest absolute Gasteiger partial charge is 0.352 e. The summed E-state index contributed by atoms with van der Waals surface area (Å²) in [5.74, 6) is -2.11. The van der Waals surface area contributed by atoms with Crippen LogP contribution in [0.1, 0.15) is 11.4 Å². The number of nitrogen functional groups attached to an aromatic ring is 1. The zero-order chi connectivity index (χ0) is 26.4. The molecule has 4 N–H and O–H groups in total. The fraction of sp³-hybridized carbons (Fsp3) is 0.273. The highest BCUT2D eigenvalue weighted by molar-refractivity contribution is 8.00. The van der Waals surface area contributed by atoms with Crippen molar-refractivity contribution in [3.05, 3.63) is 57.7 Å². The van der Waals surface area contributed by atoms with Crippen molar-refractivity contribution in [2.24, 2.45) is 5.16 Å². The van der Waals surface area contributed by atoms with Gasteiger partial charge in [0.15, 0.2) is 23.6 Å². The van der Waals surface area contributed by atoms with E-state index >= 15 is 0 Å². The van der Waals surface area contributed by atoms with Crippen molar-refractivity contribution >= 4 is 68.8 Å². The van der Waals surface area contributed by atoms with Crippen molar-refractivity contribution in [2.75, 3.05) is 18.6 Å². The topological polar surface area (TPSA) is 156 Å². The second kappa shape index (κ2) is 9.68. The molecule has 0 saturated carbocycles. The molecule has 0 spiro atoms. The quantitative estimate of drug-likeness (QED) is 0.167. The van der Waals surface area contributed by atoms with E-state index in [2.05, 4.69) is 15.5 Å². The number of amides is 2.